The molecule has 3 rings (SSSR count). The van der Waals surface area contributed by atoms with E-state index < -0.39 is 0 Å². The predicted octanol–water partition coefficient (Wildman–Crippen LogP) is 4.42. The monoisotopic (exact) mass is 378 g/mol. The Hall–Kier alpha value is -3.15. The number of amides is 1. The first-order valence-corrected chi connectivity index (χ1v) is 9.46. The van der Waals surface area contributed by atoms with Gasteiger partial charge in [0.1, 0.15) is 18.4 Å². The first kappa shape index (κ1) is 19.6. The molecule has 0 aliphatic heterocycles. The number of carbonyl (C=O) groups excluding carboxylic acids is 1. The van der Waals surface area contributed by atoms with Gasteiger partial charge in [0.15, 0.2) is 6.61 Å². The maximum absolute atomic E-state index is 12.3. The van der Waals surface area contributed by atoms with Gasteiger partial charge in [0.05, 0.1) is 5.69 Å². The number of ether oxygens (including phenoxy) is 1. The van der Waals surface area contributed by atoms with Crippen LogP contribution in [0, 0.1) is 13.8 Å². The SMILES string of the molecule is CCC(C)c1ccc(OCC(=O)Nc2ccc(C)c(C)c2)c(-n2cnnc2)c1. The van der Waals surface area contributed by atoms with Crippen molar-refractivity contribution in [3.63, 3.8) is 0 Å². The van der Waals surface area contributed by atoms with Crippen LogP contribution in [0.25, 0.3) is 5.69 Å². The zero-order valence-electron chi connectivity index (χ0n) is 16.8. The first-order valence-electron chi connectivity index (χ1n) is 9.46. The summed E-state index contributed by atoms with van der Waals surface area (Å²) in [5.41, 5.74) is 5.12. The Balaban J connectivity index is 1.74. The molecule has 0 aliphatic carbocycles. The quantitative estimate of drug-likeness (QED) is 0.661. The molecule has 6 heteroatoms. The van der Waals surface area contributed by atoms with Crippen molar-refractivity contribution in [1.82, 2.24) is 14.8 Å². The van der Waals surface area contributed by atoms with Gasteiger partial charge in [0.25, 0.3) is 5.91 Å². The zero-order valence-corrected chi connectivity index (χ0v) is 16.8. The molecule has 3 aromatic rings. The smallest absolute Gasteiger partial charge is 0.262 e. The van der Waals surface area contributed by atoms with Crippen molar-refractivity contribution in [2.45, 2.75) is 40.0 Å². The van der Waals surface area contributed by atoms with Gasteiger partial charge < -0.3 is 10.1 Å². The van der Waals surface area contributed by atoms with Gasteiger partial charge in [-0.05, 0) is 67.1 Å². The number of nitrogens with zero attached hydrogens (tertiary/aromatic N) is 3. The molecule has 0 fully saturated rings. The van der Waals surface area contributed by atoms with Gasteiger partial charge in [-0.2, -0.15) is 0 Å². The third-order valence-electron chi connectivity index (χ3n) is 5.01. The van der Waals surface area contributed by atoms with E-state index in [9.17, 15) is 4.79 Å². The summed E-state index contributed by atoms with van der Waals surface area (Å²) in [5.74, 6) is 0.836. The van der Waals surface area contributed by atoms with Crippen LogP contribution in [0.4, 0.5) is 5.69 Å². The highest BCUT2D eigenvalue weighted by Crippen LogP contribution is 2.28. The standard InChI is InChI=1S/C22H26N4O2/c1-5-15(2)18-7-9-21(20(11-18)26-13-23-24-14-26)28-12-22(27)25-19-8-6-16(3)17(4)10-19/h6-11,13-15H,5,12H2,1-4H3,(H,25,27). The summed E-state index contributed by atoms with van der Waals surface area (Å²) >= 11 is 0. The average Bonchev–Trinajstić information content (AvgIpc) is 3.23. The maximum Gasteiger partial charge on any atom is 0.262 e. The molecule has 1 N–H and O–H groups in total. The van der Waals surface area contributed by atoms with Crippen LogP contribution in [0.3, 0.4) is 0 Å². The molecule has 1 atom stereocenters. The lowest BCUT2D eigenvalue weighted by atomic mass is 9.98. The molecule has 28 heavy (non-hydrogen) atoms. The maximum atomic E-state index is 12.3. The number of aromatic nitrogens is 3. The van der Waals surface area contributed by atoms with Crippen LogP contribution in [0.2, 0.25) is 0 Å². The highest BCUT2D eigenvalue weighted by molar-refractivity contribution is 5.92. The minimum atomic E-state index is -0.205. The van der Waals surface area contributed by atoms with Crippen LogP contribution in [-0.4, -0.2) is 27.3 Å². The topological polar surface area (TPSA) is 69.0 Å². The molecule has 1 amide bonds. The van der Waals surface area contributed by atoms with Gasteiger partial charge in [-0.3, -0.25) is 9.36 Å². The molecule has 146 valence electrons. The molecule has 1 aromatic heterocycles. The summed E-state index contributed by atoms with van der Waals surface area (Å²) in [6, 6.07) is 11.8. The third-order valence-corrected chi connectivity index (χ3v) is 5.01. The molecule has 0 saturated heterocycles. The fraction of sp³-hybridized carbons (Fsp3) is 0.318. The Morgan fingerprint density at radius 3 is 2.54 bits per heavy atom. The van der Waals surface area contributed by atoms with Gasteiger partial charge in [0, 0.05) is 5.69 Å². The molecule has 2 aromatic carbocycles. The number of hydrogen-bond donors (Lipinski definition) is 1. The second-order valence-corrected chi connectivity index (χ2v) is 7.04. The Labute approximate surface area is 165 Å². The molecular formula is C22H26N4O2. The molecule has 0 aliphatic rings. The predicted molar refractivity (Wildman–Crippen MR) is 110 cm³/mol. The van der Waals surface area contributed by atoms with Crippen molar-refractivity contribution in [1.29, 1.82) is 0 Å². The Kier molecular flexibility index (Phi) is 6.09. The lowest BCUT2D eigenvalue weighted by Gasteiger charge is -2.16. The van der Waals surface area contributed by atoms with E-state index in [0.29, 0.717) is 11.7 Å². The molecule has 1 unspecified atom stereocenters. The number of aryl methyl sites for hydroxylation is 2. The van der Waals surface area contributed by atoms with Crippen molar-refractivity contribution in [3.8, 4) is 11.4 Å². The summed E-state index contributed by atoms with van der Waals surface area (Å²) < 4.78 is 7.62. The molecule has 6 nitrogen and oxygen atoms in total. The number of nitrogens with one attached hydrogen (secondary N) is 1. The molecule has 0 radical (unpaired) electrons. The van der Waals surface area contributed by atoms with Crippen LogP contribution < -0.4 is 10.1 Å². The molecular weight excluding hydrogens is 352 g/mol. The van der Waals surface area contributed by atoms with E-state index >= 15 is 0 Å². The van der Waals surface area contributed by atoms with E-state index in [-0.39, 0.29) is 12.5 Å². The highest BCUT2D eigenvalue weighted by Gasteiger charge is 2.13. The van der Waals surface area contributed by atoms with Crippen molar-refractivity contribution >= 4 is 11.6 Å². The van der Waals surface area contributed by atoms with Gasteiger partial charge in [-0.15, -0.1) is 10.2 Å². The number of benzene rings is 2. The van der Waals surface area contributed by atoms with E-state index in [4.69, 9.17) is 4.74 Å². The summed E-state index contributed by atoms with van der Waals surface area (Å²) in [6.45, 7) is 8.32. The highest BCUT2D eigenvalue weighted by atomic mass is 16.5. The normalized spacial score (nSPS) is 11.9. The van der Waals surface area contributed by atoms with Gasteiger partial charge >= 0.3 is 0 Å². The van der Waals surface area contributed by atoms with Gasteiger partial charge in [-0.1, -0.05) is 26.0 Å². The minimum Gasteiger partial charge on any atom is -0.482 e. The molecule has 1 heterocycles. The summed E-state index contributed by atoms with van der Waals surface area (Å²) in [5, 5.41) is 10.6. The fourth-order valence-electron chi connectivity index (χ4n) is 2.89. The van der Waals surface area contributed by atoms with Gasteiger partial charge in [0.2, 0.25) is 0 Å². The van der Waals surface area contributed by atoms with E-state index in [2.05, 4.69) is 35.4 Å². The van der Waals surface area contributed by atoms with E-state index in [1.54, 1.807) is 17.2 Å². The van der Waals surface area contributed by atoms with Crippen molar-refractivity contribution < 1.29 is 9.53 Å². The number of carbonyl (C=O) groups is 1. The van der Waals surface area contributed by atoms with Crippen molar-refractivity contribution in [2.24, 2.45) is 0 Å². The van der Waals surface area contributed by atoms with Crippen LogP contribution in [0.15, 0.2) is 49.1 Å². The van der Waals surface area contributed by atoms with Crippen molar-refractivity contribution in [3.05, 3.63) is 65.7 Å². The van der Waals surface area contributed by atoms with E-state index in [1.807, 2.05) is 44.2 Å². The second kappa shape index (κ2) is 8.69. The Morgan fingerprint density at radius 2 is 1.86 bits per heavy atom. The molecule has 0 bridgehead atoms. The zero-order chi connectivity index (χ0) is 20.1. The summed E-state index contributed by atoms with van der Waals surface area (Å²) in [6.07, 6.45) is 4.29. The van der Waals surface area contributed by atoms with Crippen LogP contribution >= 0.6 is 0 Å². The lowest BCUT2D eigenvalue weighted by molar-refractivity contribution is -0.118. The Morgan fingerprint density at radius 1 is 1.11 bits per heavy atom. The minimum absolute atomic E-state index is 0.0786. The van der Waals surface area contributed by atoms with Gasteiger partial charge in [-0.25, -0.2) is 0 Å². The summed E-state index contributed by atoms with van der Waals surface area (Å²) in [7, 11) is 0. The van der Waals surface area contributed by atoms with Crippen LogP contribution in [-0.2, 0) is 4.79 Å². The largest absolute Gasteiger partial charge is 0.482 e. The second-order valence-electron chi connectivity index (χ2n) is 7.04. The number of anilines is 1. The Bertz CT molecular complexity index is 951. The number of hydrogen-bond acceptors (Lipinski definition) is 4. The van der Waals surface area contributed by atoms with Crippen LogP contribution in [0.5, 0.6) is 5.75 Å². The summed E-state index contributed by atoms with van der Waals surface area (Å²) in [4.78, 5) is 12.3. The fourth-order valence-corrected chi connectivity index (χ4v) is 2.89. The van der Waals surface area contributed by atoms with Crippen LogP contribution in [0.1, 0.15) is 42.9 Å². The van der Waals surface area contributed by atoms with E-state index in [1.165, 1.54) is 11.1 Å². The number of rotatable bonds is 7. The molecule has 0 saturated carbocycles. The molecule has 0 spiro atoms. The average molecular weight is 378 g/mol. The van der Waals surface area contributed by atoms with Crippen molar-refractivity contribution in [2.75, 3.05) is 11.9 Å². The first-order chi connectivity index (χ1) is 13.5. The van der Waals surface area contributed by atoms with E-state index in [0.717, 1.165) is 23.4 Å². The lowest BCUT2D eigenvalue weighted by Crippen LogP contribution is -2.20. The third kappa shape index (κ3) is 4.57.